The minimum atomic E-state index is -1.07. The highest BCUT2D eigenvalue weighted by atomic mass is 16.5. The minimum Gasteiger partial charge on any atom is -0.481 e. The van der Waals surface area contributed by atoms with E-state index in [9.17, 15) is 29.7 Å². The van der Waals surface area contributed by atoms with E-state index >= 15 is 0 Å². The third-order valence-electron chi connectivity index (χ3n) is 9.47. The molecule has 0 spiro atoms. The van der Waals surface area contributed by atoms with Crippen LogP contribution in [0, 0.1) is 22.2 Å². The minimum absolute atomic E-state index is 0.0154. The quantitative estimate of drug-likeness (QED) is 0.571. The van der Waals surface area contributed by atoms with Gasteiger partial charge in [-0.15, -0.1) is 0 Å². The first-order valence-electron chi connectivity index (χ1n) is 11.5. The zero-order valence-corrected chi connectivity index (χ0v) is 19.5. The SMILES string of the molecule is CC(CC(=O)O)C1(C)CC=C2C(C(=O)O)=C(CC34CCC(O3)C(C)(C)C4=O)CC(O)C21C. The molecule has 2 heterocycles. The number of ketones is 1. The average Bonchev–Trinajstić information content (AvgIpc) is 3.28. The molecule has 0 aromatic carbocycles. The van der Waals surface area contributed by atoms with Gasteiger partial charge in [0.2, 0.25) is 0 Å². The molecule has 0 amide bonds. The predicted molar refractivity (Wildman–Crippen MR) is 116 cm³/mol. The second-order valence-electron chi connectivity index (χ2n) is 11.3. The van der Waals surface area contributed by atoms with Crippen LogP contribution in [0.4, 0.5) is 0 Å². The Bertz CT molecular complexity index is 959. The number of rotatable bonds is 6. The van der Waals surface area contributed by atoms with Crippen molar-refractivity contribution in [3.8, 4) is 0 Å². The molecule has 7 nitrogen and oxygen atoms in total. The standard InChI is InChI=1S/C25H34O7/c1-13(10-18(27)28)23(4)8-6-15-19(20(29)30)14(11-16(26)24(15,23)5)12-25-9-7-17(32-25)22(2,3)21(25)31/h6,13,16-17,26H,7-12H2,1-5H3,(H,27,28)(H,29,30). The average molecular weight is 447 g/mol. The topological polar surface area (TPSA) is 121 Å². The first-order chi connectivity index (χ1) is 14.7. The van der Waals surface area contributed by atoms with Crippen LogP contribution in [0.15, 0.2) is 22.8 Å². The van der Waals surface area contributed by atoms with Crippen molar-refractivity contribution in [2.24, 2.45) is 22.2 Å². The number of Topliss-reactive ketones (excluding diaryl/α,β-unsaturated/α-hetero) is 1. The second kappa shape index (κ2) is 7.00. The number of ether oxygens (including phenoxy) is 1. The van der Waals surface area contributed by atoms with Gasteiger partial charge in [-0.2, -0.15) is 0 Å². The van der Waals surface area contributed by atoms with Gasteiger partial charge in [-0.05, 0) is 48.2 Å². The summed E-state index contributed by atoms with van der Waals surface area (Å²) in [5.41, 5.74) is -1.83. The fourth-order valence-electron chi connectivity index (χ4n) is 7.04. The maximum absolute atomic E-state index is 13.2. The summed E-state index contributed by atoms with van der Waals surface area (Å²) in [6.07, 6.45) is 2.90. The Kier molecular flexibility index (Phi) is 5.07. The molecule has 4 rings (SSSR count). The molecule has 4 aliphatic rings. The summed E-state index contributed by atoms with van der Waals surface area (Å²) in [5.74, 6) is -2.23. The maximum Gasteiger partial charge on any atom is 0.335 e. The highest BCUT2D eigenvalue weighted by Gasteiger charge is 2.65. The smallest absolute Gasteiger partial charge is 0.335 e. The Balaban J connectivity index is 1.76. The molecule has 0 aromatic heterocycles. The molecule has 2 aliphatic heterocycles. The molecule has 176 valence electrons. The van der Waals surface area contributed by atoms with Gasteiger partial charge in [-0.3, -0.25) is 9.59 Å². The lowest BCUT2D eigenvalue weighted by atomic mass is 9.52. The number of aliphatic carboxylic acids is 2. The van der Waals surface area contributed by atoms with E-state index in [0.717, 1.165) is 6.42 Å². The molecule has 2 bridgehead atoms. The first-order valence-corrected chi connectivity index (χ1v) is 11.5. The Morgan fingerprint density at radius 2 is 1.88 bits per heavy atom. The van der Waals surface area contributed by atoms with Gasteiger partial charge in [0.15, 0.2) is 5.78 Å². The van der Waals surface area contributed by atoms with Crippen molar-refractivity contribution in [3.63, 3.8) is 0 Å². The van der Waals surface area contributed by atoms with Crippen LogP contribution in [0.1, 0.15) is 73.1 Å². The third-order valence-corrected chi connectivity index (χ3v) is 9.47. The molecule has 6 atom stereocenters. The van der Waals surface area contributed by atoms with Crippen molar-refractivity contribution in [1.29, 1.82) is 0 Å². The Hall–Kier alpha value is -1.99. The van der Waals surface area contributed by atoms with Gasteiger partial charge < -0.3 is 20.1 Å². The molecule has 32 heavy (non-hydrogen) atoms. The lowest BCUT2D eigenvalue weighted by molar-refractivity contribution is -0.141. The summed E-state index contributed by atoms with van der Waals surface area (Å²) < 4.78 is 6.17. The summed E-state index contributed by atoms with van der Waals surface area (Å²) in [6.45, 7) is 9.43. The van der Waals surface area contributed by atoms with Gasteiger partial charge in [0, 0.05) is 18.3 Å². The summed E-state index contributed by atoms with van der Waals surface area (Å²) in [7, 11) is 0. The van der Waals surface area contributed by atoms with Gasteiger partial charge >= 0.3 is 11.9 Å². The van der Waals surface area contributed by atoms with Crippen molar-refractivity contribution in [3.05, 3.63) is 22.8 Å². The number of aliphatic hydroxyl groups excluding tert-OH is 1. The van der Waals surface area contributed by atoms with Gasteiger partial charge in [0.05, 0.1) is 23.2 Å². The lowest BCUT2D eigenvalue weighted by Gasteiger charge is -2.52. The van der Waals surface area contributed by atoms with Gasteiger partial charge in [0.1, 0.15) is 5.60 Å². The number of carboxylic acid groups (broad SMARTS) is 2. The molecule has 7 heteroatoms. The third kappa shape index (κ3) is 2.83. The monoisotopic (exact) mass is 446 g/mol. The number of hydrogen-bond donors (Lipinski definition) is 3. The fourth-order valence-corrected chi connectivity index (χ4v) is 7.04. The largest absolute Gasteiger partial charge is 0.481 e. The van der Waals surface area contributed by atoms with E-state index in [4.69, 9.17) is 4.74 Å². The van der Waals surface area contributed by atoms with Crippen LogP contribution in [0.3, 0.4) is 0 Å². The van der Waals surface area contributed by atoms with Crippen molar-refractivity contribution in [2.45, 2.75) is 91.0 Å². The number of allylic oxidation sites excluding steroid dienone is 1. The van der Waals surface area contributed by atoms with Crippen LogP contribution in [0.2, 0.25) is 0 Å². The van der Waals surface area contributed by atoms with E-state index < -0.39 is 39.9 Å². The molecule has 0 saturated carbocycles. The van der Waals surface area contributed by atoms with Gasteiger partial charge in [0.25, 0.3) is 0 Å². The zero-order chi connectivity index (χ0) is 23.9. The molecular weight excluding hydrogens is 412 g/mol. The van der Waals surface area contributed by atoms with Crippen molar-refractivity contribution in [1.82, 2.24) is 0 Å². The highest BCUT2D eigenvalue weighted by Crippen LogP contribution is 2.64. The highest BCUT2D eigenvalue weighted by molar-refractivity contribution is 5.97. The van der Waals surface area contributed by atoms with E-state index in [1.165, 1.54) is 0 Å². The predicted octanol–water partition coefficient (Wildman–Crippen LogP) is 3.50. The zero-order valence-electron chi connectivity index (χ0n) is 19.5. The summed E-state index contributed by atoms with van der Waals surface area (Å²) in [5, 5.41) is 31.0. The fraction of sp³-hybridized carbons (Fsp3) is 0.720. The van der Waals surface area contributed by atoms with Crippen LogP contribution in [-0.2, 0) is 19.1 Å². The molecule has 2 aliphatic carbocycles. The number of carboxylic acids is 2. The Labute approximate surface area is 188 Å². The first kappa shape index (κ1) is 23.2. The molecule has 2 fully saturated rings. The van der Waals surface area contributed by atoms with E-state index in [1.54, 1.807) is 0 Å². The van der Waals surface area contributed by atoms with Crippen molar-refractivity contribution >= 4 is 17.7 Å². The number of hydrogen-bond acceptors (Lipinski definition) is 5. The van der Waals surface area contributed by atoms with E-state index in [1.807, 2.05) is 40.7 Å². The second-order valence-corrected chi connectivity index (χ2v) is 11.3. The molecule has 3 N–H and O–H groups in total. The number of aliphatic hydroxyl groups is 1. The van der Waals surface area contributed by atoms with Crippen LogP contribution in [-0.4, -0.2) is 50.9 Å². The number of carbonyl (C=O) groups is 3. The molecule has 0 radical (unpaired) electrons. The van der Waals surface area contributed by atoms with Crippen molar-refractivity contribution in [2.75, 3.05) is 0 Å². The normalized spacial score (nSPS) is 40.9. The molecule has 6 unspecified atom stereocenters. The van der Waals surface area contributed by atoms with E-state index in [-0.39, 0.29) is 42.6 Å². The maximum atomic E-state index is 13.2. The number of fused-ring (bicyclic) bond motifs is 3. The van der Waals surface area contributed by atoms with Gasteiger partial charge in [-0.1, -0.05) is 40.7 Å². The van der Waals surface area contributed by atoms with Crippen LogP contribution >= 0.6 is 0 Å². The van der Waals surface area contributed by atoms with E-state index in [2.05, 4.69) is 0 Å². The summed E-state index contributed by atoms with van der Waals surface area (Å²) in [6, 6.07) is 0. The molecule has 2 saturated heterocycles. The molecule has 0 aromatic rings. The summed E-state index contributed by atoms with van der Waals surface area (Å²) >= 11 is 0. The van der Waals surface area contributed by atoms with Crippen molar-refractivity contribution < 1.29 is 34.4 Å². The van der Waals surface area contributed by atoms with Crippen LogP contribution in [0.5, 0.6) is 0 Å². The Morgan fingerprint density at radius 3 is 2.41 bits per heavy atom. The molecular formula is C25H34O7. The van der Waals surface area contributed by atoms with E-state index in [0.29, 0.717) is 24.0 Å². The van der Waals surface area contributed by atoms with Crippen LogP contribution < -0.4 is 0 Å². The van der Waals surface area contributed by atoms with Crippen LogP contribution in [0.25, 0.3) is 0 Å². The summed E-state index contributed by atoms with van der Waals surface area (Å²) in [4.78, 5) is 37.1. The Morgan fingerprint density at radius 1 is 1.22 bits per heavy atom. The lowest BCUT2D eigenvalue weighted by Crippen LogP contribution is -2.52. The van der Waals surface area contributed by atoms with Gasteiger partial charge in [-0.25, -0.2) is 4.79 Å². The number of carbonyl (C=O) groups excluding carboxylic acids is 1.